The molecule has 5 nitrogen and oxygen atoms in total. The van der Waals surface area contributed by atoms with Crippen molar-refractivity contribution in [1.82, 2.24) is 9.55 Å². The first-order chi connectivity index (χ1) is 8.53. The van der Waals surface area contributed by atoms with Gasteiger partial charge in [0.2, 0.25) is 0 Å². The number of aliphatic hydroxyl groups excluding tert-OH is 1. The molecule has 6 heteroatoms. The van der Waals surface area contributed by atoms with Gasteiger partial charge in [-0.05, 0) is 19.3 Å². The van der Waals surface area contributed by atoms with Crippen molar-refractivity contribution in [2.75, 3.05) is 11.5 Å². The molecule has 0 bridgehead atoms. The summed E-state index contributed by atoms with van der Waals surface area (Å²) in [6, 6.07) is 0. The lowest BCUT2D eigenvalue weighted by Gasteiger charge is -2.19. The Bertz CT molecular complexity index is 536. The smallest absolute Gasteiger partial charge is 0.150 e. The number of hydrogen-bond donors (Lipinski definition) is 1. The minimum absolute atomic E-state index is 0.267. The zero-order chi connectivity index (χ0) is 12.8. The summed E-state index contributed by atoms with van der Waals surface area (Å²) < 4.78 is 24.9. The normalized spacial score (nSPS) is 27.9. The van der Waals surface area contributed by atoms with Crippen LogP contribution in [0, 0.1) is 0 Å². The fourth-order valence-corrected chi connectivity index (χ4v) is 4.31. The number of aromatic nitrogens is 2. The van der Waals surface area contributed by atoms with Crippen LogP contribution in [-0.4, -0.2) is 40.7 Å². The van der Waals surface area contributed by atoms with E-state index in [0.29, 0.717) is 19.3 Å². The van der Waals surface area contributed by atoms with Crippen LogP contribution in [-0.2, 0) is 22.8 Å². The summed E-state index contributed by atoms with van der Waals surface area (Å²) in [4.78, 5) is 4.58. The minimum atomic E-state index is -2.81. The van der Waals surface area contributed by atoms with Gasteiger partial charge in [0, 0.05) is 25.1 Å². The van der Waals surface area contributed by atoms with Crippen LogP contribution in [0.1, 0.15) is 36.7 Å². The molecule has 0 aliphatic carbocycles. The van der Waals surface area contributed by atoms with E-state index < -0.39 is 9.84 Å². The molecule has 2 aliphatic heterocycles. The van der Waals surface area contributed by atoms with E-state index in [1.807, 2.05) is 6.20 Å². The van der Waals surface area contributed by atoms with E-state index in [2.05, 4.69) is 9.55 Å². The summed E-state index contributed by atoms with van der Waals surface area (Å²) in [5, 5.41) is 9.61. The Balaban J connectivity index is 1.78. The second-order valence-electron chi connectivity index (χ2n) is 5.35. The average molecular weight is 270 g/mol. The van der Waals surface area contributed by atoms with Crippen LogP contribution in [0.25, 0.3) is 0 Å². The predicted octanol–water partition coefficient (Wildman–Crippen LogP) is 0.482. The van der Waals surface area contributed by atoms with Crippen molar-refractivity contribution in [2.45, 2.75) is 44.2 Å². The second kappa shape index (κ2) is 4.35. The Morgan fingerprint density at radius 2 is 2.00 bits per heavy atom. The molecule has 1 fully saturated rings. The van der Waals surface area contributed by atoms with E-state index in [4.69, 9.17) is 0 Å². The lowest BCUT2D eigenvalue weighted by atomic mass is 10.00. The first-order valence-electron chi connectivity index (χ1n) is 6.48. The number of fused-ring (bicyclic) bond motifs is 1. The fraction of sp³-hybridized carbons (Fsp3) is 0.750. The van der Waals surface area contributed by atoms with Crippen molar-refractivity contribution in [3.05, 3.63) is 17.7 Å². The summed E-state index contributed by atoms with van der Waals surface area (Å²) in [5.74, 6) is 1.77. The number of hydrogen-bond acceptors (Lipinski definition) is 4. The van der Waals surface area contributed by atoms with Gasteiger partial charge in [0.1, 0.15) is 15.7 Å². The van der Waals surface area contributed by atoms with E-state index in [0.717, 1.165) is 24.5 Å². The minimum Gasteiger partial charge on any atom is -0.393 e. The summed E-state index contributed by atoms with van der Waals surface area (Å²) in [5.41, 5.74) is 1.01. The first-order valence-corrected chi connectivity index (χ1v) is 8.30. The zero-order valence-electron chi connectivity index (χ0n) is 10.2. The van der Waals surface area contributed by atoms with Gasteiger partial charge in [0.05, 0.1) is 23.3 Å². The highest BCUT2D eigenvalue weighted by atomic mass is 32.2. The SMILES string of the molecule is O=S1(=O)CCC(c2cn3c(n2)CC(O)CC3)CC1. The van der Waals surface area contributed by atoms with Gasteiger partial charge in [-0.2, -0.15) is 0 Å². The number of aryl methyl sites for hydroxylation is 1. The lowest BCUT2D eigenvalue weighted by molar-refractivity contribution is 0.141. The van der Waals surface area contributed by atoms with Crippen LogP contribution in [0.4, 0.5) is 0 Å². The van der Waals surface area contributed by atoms with Gasteiger partial charge in [0.25, 0.3) is 0 Å². The number of sulfone groups is 1. The highest BCUT2D eigenvalue weighted by molar-refractivity contribution is 7.91. The largest absolute Gasteiger partial charge is 0.393 e. The summed E-state index contributed by atoms with van der Waals surface area (Å²) in [7, 11) is -2.81. The van der Waals surface area contributed by atoms with Crippen LogP contribution < -0.4 is 0 Å². The molecule has 1 aromatic heterocycles. The maximum absolute atomic E-state index is 11.4. The van der Waals surface area contributed by atoms with E-state index in [9.17, 15) is 13.5 Å². The Morgan fingerprint density at radius 1 is 1.28 bits per heavy atom. The molecule has 0 radical (unpaired) electrons. The second-order valence-corrected chi connectivity index (χ2v) is 7.65. The number of imidazole rings is 1. The maximum atomic E-state index is 11.4. The molecule has 1 N–H and O–H groups in total. The van der Waals surface area contributed by atoms with Crippen molar-refractivity contribution < 1.29 is 13.5 Å². The van der Waals surface area contributed by atoms with Crippen molar-refractivity contribution >= 4 is 9.84 Å². The molecule has 1 aromatic rings. The Labute approximate surface area is 107 Å². The Kier molecular flexibility index (Phi) is 2.94. The molecule has 0 aromatic carbocycles. The maximum Gasteiger partial charge on any atom is 0.150 e. The summed E-state index contributed by atoms with van der Waals surface area (Å²) in [6.45, 7) is 0.814. The zero-order valence-corrected chi connectivity index (χ0v) is 11.1. The molecule has 0 spiro atoms. The van der Waals surface area contributed by atoms with Gasteiger partial charge < -0.3 is 9.67 Å². The molecule has 1 saturated heterocycles. The van der Waals surface area contributed by atoms with E-state index in [1.165, 1.54) is 0 Å². The van der Waals surface area contributed by atoms with Crippen LogP contribution in [0.5, 0.6) is 0 Å². The third kappa shape index (κ3) is 2.31. The first kappa shape index (κ1) is 12.2. The third-order valence-electron chi connectivity index (χ3n) is 3.97. The monoisotopic (exact) mass is 270 g/mol. The molecule has 1 unspecified atom stereocenters. The van der Waals surface area contributed by atoms with Crippen molar-refractivity contribution in [1.29, 1.82) is 0 Å². The molecular formula is C12H18N2O3S. The van der Waals surface area contributed by atoms with Gasteiger partial charge >= 0.3 is 0 Å². The van der Waals surface area contributed by atoms with Gasteiger partial charge in [-0.25, -0.2) is 13.4 Å². The topological polar surface area (TPSA) is 72.2 Å². The van der Waals surface area contributed by atoms with Gasteiger partial charge in [0.15, 0.2) is 0 Å². The molecule has 1 atom stereocenters. The molecule has 0 saturated carbocycles. The molecular weight excluding hydrogens is 252 g/mol. The van der Waals surface area contributed by atoms with Crippen LogP contribution in [0.3, 0.4) is 0 Å². The molecule has 100 valence electrons. The van der Waals surface area contributed by atoms with E-state index >= 15 is 0 Å². The highest BCUT2D eigenvalue weighted by Gasteiger charge is 2.28. The molecule has 18 heavy (non-hydrogen) atoms. The van der Waals surface area contributed by atoms with Crippen LogP contribution in [0.2, 0.25) is 0 Å². The van der Waals surface area contributed by atoms with Crippen LogP contribution in [0.15, 0.2) is 6.20 Å². The molecule has 3 heterocycles. The number of aliphatic hydroxyl groups is 1. The average Bonchev–Trinajstić information content (AvgIpc) is 2.71. The number of rotatable bonds is 1. The molecule has 0 amide bonds. The lowest BCUT2D eigenvalue weighted by Crippen LogP contribution is -2.22. The quantitative estimate of drug-likeness (QED) is 0.806. The molecule has 3 rings (SSSR count). The Hall–Kier alpha value is -0.880. The third-order valence-corrected chi connectivity index (χ3v) is 5.69. The van der Waals surface area contributed by atoms with E-state index in [1.54, 1.807) is 0 Å². The number of nitrogens with zero attached hydrogens (tertiary/aromatic N) is 2. The van der Waals surface area contributed by atoms with Gasteiger partial charge in [-0.15, -0.1) is 0 Å². The van der Waals surface area contributed by atoms with Crippen molar-refractivity contribution in [2.24, 2.45) is 0 Å². The van der Waals surface area contributed by atoms with Gasteiger partial charge in [-0.1, -0.05) is 0 Å². The summed E-state index contributed by atoms with van der Waals surface area (Å²) in [6.07, 6.45) is 4.53. The van der Waals surface area contributed by atoms with Crippen LogP contribution >= 0.6 is 0 Å². The van der Waals surface area contributed by atoms with Gasteiger partial charge in [-0.3, -0.25) is 0 Å². The van der Waals surface area contributed by atoms with Crippen molar-refractivity contribution in [3.8, 4) is 0 Å². The highest BCUT2D eigenvalue weighted by Crippen LogP contribution is 2.29. The van der Waals surface area contributed by atoms with Crippen molar-refractivity contribution in [3.63, 3.8) is 0 Å². The predicted molar refractivity (Wildman–Crippen MR) is 67.2 cm³/mol. The molecule has 2 aliphatic rings. The van der Waals surface area contributed by atoms with E-state index in [-0.39, 0.29) is 23.5 Å². The standard InChI is InChI=1S/C12H18N2O3S/c15-10-1-4-14-8-11(13-12(14)7-10)9-2-5-18(16,17)6-3-9/h8-10,15H,1-7H2. The summed E-state index contributed by atoms with van der Waals surface area (Å²) >= 11 is 0. The Morgan fingerprint density at radius 3 is 2.72 bits per heavy atom. The fourth-order valence-electron chi connectivity index (χ4n) is 2.82.